The lowest BCUT2D eigenvalue weighted by atomic mass is 9.49. The van der Waals surface area contributed by atoms with Gasteiger partial charge in [-0.1, -0.05) is 19.4 Å². The Morgan fingerprint density at radius 1 is 1.27 bits per heavy atom. The zero-order chi connectivity index (χ0) is 17.2. The van der Waals surface area contributed by atoms with E-state index in [0.29, 0.717) is 35.8 Å². The van der Waals surface area contributed by atoms with Crippen molar-refractivity contribution in [3.63, 3.8) is 0 Å². The molecule has 4 aliphatic rings. The van der Waals surface area contributed by atoms with Crippen molar-refractivity contribution in [2.75, 3.05) is 13.1 Å². The SMILES string of the molecule is C[C@@H]1CC(=O)CC23CCN(CC4CCC4)C(Cc4ccc(O)cc42)[C@@H]13.Cl. The summed E-state index contributed by atoms with van der Waals surface area (Å²) in [6, 6.07) is 6.50. The molecule has 1 aromatic rings. The van der Waals surface area contributed by atoms with Crippen molar-refractivity contribution in [2.24, 2.45) is 17.8 Å². The van der Waals surface area contributed by atoms with Crippen LogP contribution in [0.25, 0.3) is 0 Å². The van der Waals surface area contributed by atoms with Gasteiger partial charge >= 0.3 is 0 Å². The van der Waals surface area contributed by atoms with Crippen LogP contribution >= 0.6 is 12.4 Å². The number of nitrogens with zero attached hydrogens (tertiary/aromatic N) is 1. The number of fused-ring (bicyclic) bond motifs is 1. The number of phenolic OH excluding ortho intramolecular Hbond substituents is 1. The molecule has 3 nitrogen and oxygen atoms in total. The number of rotatable bonds is 2. The standard InChI is InChI=1S/C22H29NO2.ClH/c1-14-9-18(25)12-22-7-8-23(13-15-3-2-4-15)20(21(14)22)10-16-5-6-17(24)11-19(16)22;/h5-6,11,14-15,20-21,24H,2-4,7-10,12-13H2,1H3;1H/t14-,20?,21-,22?;/m1./s1. The van der Waals surface area contributed by atoms with E-state index in [2.05, 4.69) is 17.9 Å². The smallest absolute Gasteiger partial charge is 0.134 e. The molecule has 1 aromatic carbocycles. The van der Waals surface area contributed by atoms with E-state index in [0.717, 1.165) is 31.7 Å². The Balaban J connectivity index is 0.00000168. The summed E-state index contributed by atoms with van der Waals surface area (Å²) in [6.45, 7) is 4.67. The number of hydrogen-bond acceptors (Lipinski definition) is 3. The number of aromatic hydroxyl groups is 1. The number of Topliss-reactive ketones (excluding diaryl/α,β-unsaturated/α-hetero) is 1. The maximum atomic E-state index is 12.6. The predicted octanol–water partition coefficient (Wildman–Crippen LogP) is 4.10. The van der Waals surface area contributed by atoms with E-state index < -0.39 is 0 Å². The van der Waals surface area contributed by atoms with Crippen molar-refractivity contribution >= 4 is 18.2 Å². The summed E-state index contributed by atoms with van der Waals surface area (Å²) < 4.78 is 0. The van der Waals surface area contributed by atoms with Crippen LogP contribution in [0.4, 0.5) is 0 Å². The lowest BCUT2D eigenvalue weighted by molar-refractivity contribution is -0.131. The van der Waals surface area contributed by atoms with Gasteiger partial charge in [-0.3, -0.25) is 9.69 Å². The second-order valence-electron chi connectivity index (χ2n) is 9.23. The summed E-state index contributed by atoms with van der Waals surface area (Å²) in [6.07, 6.45) is 7.81. The van der Waals surface area contributed by atoms with Crippen molar-refractivity contribution < 1.29 is 9.90 Å². The molecule has 3 aliphatic carbocycles. The molecule has 0 aromatic heterocycles. The van der Waals surface area contributed by atoms with E-state index in [1.165, 1.54) is 36.9 Å². The molecule has 4 heteroatoms. The lowest BCUT2D eigenvalue weighted by Gasteiger charge is -2.61. The number of likely N-dealkylation sites (tertiary alicyclic amines) is 1. The molecule has 1 saturated heterocycles. The number of halogens is 1. The monoisotopic (exact) mass is 375 g/mol. The number of carbonyl (C=O) groups excluding carboxylic acids is 1. The van der Waals surface area contributed by atoms with Gasteiger partial charge in [0.25, 0.3) is 0 Å². The van der Waals surface area contributed by atoms with Gasteiger partial charge in [-0.25, -0.2) is 0 Å². The summed E-state index contributed by atoms with van der Waals surface area (Å²) in [5.41, 5.74) is 2.64. The topological polar surface area (TPSA) is 40.5 Å². The van der Waals surface area contributed by atoms with Gasteiger partial charge < -0.3 is 5.11 Å². The number of hydrogen-bond donors (Lipinski definition) is 1. The quantitative estimate of drug-likeness (QED) is 0.846. The zero-order valence-electron chi connectivity index (χ0n) is 15.6. The first-order valence-electron chi connectivity index (χ1n) is 10.1. The first-order chi connectivity index (χ1) is 12.1. The Morgan fingerprint density at radius 3 is 2.81 bits per heavy atom. The van der Waals surface area contributed by atoms with Crippen molar-refractivity contribution in [3.05, 3.63) is 29.3 Å². The fraction of sp³-hybridized carbons (Fsp3) is 0.682. The van der Waals surface area contributed by atoms with Gasteiger partial charge in [0.05, 0.1) is 0 Å². The molecule has 2 saturated carbocycles. The second kappa shape index (κ2) is 6.53. The van der Waals surface area contributed by atoms with Crippen molar-refractivity contribution in [3.8, 4) is 5.75 Å². The van der Waals surface area contributed by atoms with Gasteiger partial charge in [0.2, 0.25) is 0 Å². The van der Waals surface area contributed by atoms with Crippen LogP contribution in [0.2, 0.25) is 0 Å². The molecule has 1 heterocycles. The second-order valence-corrected chi connectivity index (χ2v) is 9.23. The molecule has 0 spiro atoms. The van der Waals surface area contributed by atoms with Crippen molar-refractivity contribution in [1.29, 1.82) is 0 Å². The molecular formula is C22H30ClNO2. The Kier molecular flexibility index (Phi) is 4.60. The van der Waals surface area contributed by atoms with Crippen LogP contribution in [0, 0.1) is 17.8 Å². The van der Waals surface area contributed by atoms with Crippen LogP contribution < -0.4 is 0 Å². The Morgan fingerprint density at radius 2 is 2.08 bits per heavy atom. The van der Waals surface area contributed by atoms with Gasteiger partial charge in [-0.2, -0.15) is 0 Å². The highest BCUT2D eigenvalue weighted by molar-refractivity contribution is 5.85. The van der Waals surface area contributed by atoms with Crippen LogP contribution in [0.15, 0.2) is 18.2 Å². The summed E-state index contributed by atoms with van der Waals surface area (Å²) in [7, 11) is 0. The number of ketones is 1. The number of phenols is 1. The molecule has 0 radical (unpaired) electrons. The maximum Gasteiger partial charge on any atom is 0.134 e. The van der Waals surface area contributed by atoms with Crippen molar-refractivity contribution in [1.82, 2.24) is 4.90 Å². The third-order valence-electron chi connectivity index (χ3n) is 7.82. The van der Waals surface area contributed by atoms with Crippen LogP contribution in [0.5, 0.6) is 5.75 Å². The minimum Gasteiger partial charge on any atom is -0.508 e. The fourth-order valence-corrected chi connectivity index (χ4v) is 6.64. The van der Waals surface area contributed by atoms with Gasteiger partial charge in [0.1, 0.15) is 11.5 Å². The molecule has 1 N–H and O–H groups in total. The summed E-state index contributed by atoms with van der Waals surface area (Å²) >= 11 is 0. The molecular weight excluding hydrogens is 346 g/mol. The van der Waals surface area contributed by atoms with E-state index in [4.69, 9.17) is 0 Å². The van der Waals surface area contributed by atoms with E-state index in [-0.39, 0.29) is 17.8 Å². The third kappa shape index (κ3) is 2.62. The van der Waals surface area contributed by atoms with Crippen molar-refractivity contribution in [2.45, 2.75) is 63.3 Å². The summed E-state index contributed by atoms with van der Waals surface area (Å²) in [4.78, 5) is 15.3. The van der Waals surface area contributed by atoms with Crippen LogP contribution in [-0.2, 0) is 16.6 Å². The highest BCUT2D eigenvalue weighted by atomic mass is 35.5. The number of piperidine rings is 1. The number of benzene rings is 1. The largest absolute Gasteiger partial charge is 0.508 e. The Bertz CT molecular complexity index is 716. The normalized spacial score (nSPS) is 36.5. The average molecular weight is 376 g/mol. The number of carbonyl (C=O) groups is 1. The third-order valence-corrected chi connectivity index (χ3v) is 7.82. The maximum absolute atomic E-state index is 12.6. The summed E-state index contributed by atoms with van der Waals surface area (Å²) in [5.74, 6) is 2.69. The summed E-state index contributed by atoms with van der Waals surface area (Å²) in [5, 5.41) is 10.1. The minimum atomic E-state index is -0.0259. The molecule has 4 atom stereocenters. The molecule has 26 heavy (non-hydrogen) atoms. The predicted molar refractivity (Wildman–Crippen MR) is 105 cm³/mol. The minimum absolute atomic E-state index is 0. The van der Waals surface area contributed by atoms with Crippen LogP contribution in [0.3, 0.4) is 0 Å². The molecule has 3 fully saturated rings. The van der Waals surface area contributed by atoms with Gasteiger partial charge in [0.15, 0.2) is 0 Å². The highest BCUT2D eigenvalue weighted by Gasteiger charge is 2.57. The first kappa shape index (κ1) is 18.3. The Hall–Kier alpha value is -1.06. The zero-order valence-corrected chi connectivity index (χ0v) is 16.4. The van der Waals surface area contributed by atoms with E-state index >= 15 is 0 Å². The molecule has 142 valence electrons. The molecule has 2 unspecified atom stereocenters. The molecule has 1 aliphatic heterocycles. The first-order valence-corrected chi connectivity index (χ1v) is 10.1. The average Bonchev–Trinajstić information content (AvgIpc) is 2.52. The Labute approximate surface area is 162 Å². The van der Waals surface area contributed by atoms with Gasteiger partial charge in [0, 0.05) is 30.8 Å². The molecule has 5 rings (SSSR count). The fourth-order valence-electron chi connectivity index (χ4n) is 6.64. The van der Waals surface area contributed by atoms with E-state index in [1.807, 2.05) is 12.1 Å². The van der Waals surface area contributed by atoms with Gasteiger partial charge in [-0.05, 0) is 73.2 Å². The van der Waals surface area contributed by atoms with Crippen LogP contribution in [-0.4, -0.2) is 34.9 Å². The lowest BCUT2D eigenvalue weighted by Crippen LogP contribution is -2.64. The molecule has 0 amide bonds. The van der Waals surface area contributed by atoms with Crippen LogP contribution in [0.1, 0.15) is 56.6 Å². The van der Waals surface area contributed by atoms with Gasteiger partial charge in [-0.15, -0.1) is 12.4 Å². The van der Waals surface area contributed by atoms with E-state index in [1.54, 1.807) is 0 Å². The van der Waals surface area contributed by atoms with E-state index in [9.17, 15) is 9.90 Å². The highest BCUT2D eigenvalue weighted by Crippen LogP contribution is 2.57. The molecule has 2 bridgehead atoms.